The minimum absolute atomic E-state index is 0.198. The Morgan fingerprint density at radius 1 is 1.27 bits per heavy atom. The molecule has 0 heterocycles. The number of hydrogen-bond donors (Lipinski definition) is 0. The molecule has 0 atom stereocenters. The number of allylic oxidation sites excluding steroid dienone is 1. The third-order valence-electron chi connectivity index (χ3n) is 3.31. The van der Waals surface area contributed by atoms with Crippen molar-refractivity contribution in [3.63, 3.8) is 0 Å². The number of fused-ring (bicyclic) bond motifs is 2. The Morgan fingerprint density at radius 2 is 2.13 bits per heavy atom. The molecule has 1 aromatic carbocycles. The highest BCUT2D eigenvalue weighted by Crippen LogP contribution is 2.38. The van der Waals surface area contributed by atoms with Crippen LogP contribution in [0.1, 0.15) is 28.7 Å². The highest BCUT2D eigenvalue weighted by molar-refractivity contribution is 5.70. The van der Waals surface area contributed by atoms with E-state index in [9.17, 15) is 10.1 Å². The van der Waals surface area contributed by atoms with Crippen LogP contribution >= 0.6 is 0 Å². The second-order valence-corrected chi connectivity index (χ2v) is 4.15. The van der Waals surface area contributed by atoms with Crippen molar-refractivity contribution in [2.75, 3.05) is 0 Å². The topological polar surface area (TPSA) is 43.1 Å². The van der Waals surface area contributed by atoms with Gasteiger partial charge in [0.25, 0.3) is 5.69 Å². The van der Waals surface area contributed by atoms with Crippen LogP contribution in [-0.2, 0) is 19.3 Å². The third kappa shape index (κ3) is 1.12. The fourth-order valence-electron chi connectivity index (χ4n) is 2.68. The summed E-state index contributed by atoms with van der Waals surface area (Å²) in [5.74, 6) is 0. The average Bonchev–Trinajstić information content (AvgIpc) is 2.79. The molecule has 0 amide bonds. The summed E-state index contributed by atoms with van der Waals surface area (Å²) in [5.41, 5.74) is 4.54. The predicted molar refractivity (Wildman–Crippen MR) is 57.9 cm³/mol. The van der Waals surface area contributed by atoms with E-state index in [-0.39, 0.29) is 4.92 Å². The molecule has 0 spiro atoms. The summed E-state index contributed by atoms with van der Waals surface area (Å²) in [7, 11) is 0. The van der Waals surface area contributed by atoms with Gasteiger partial charge in [0, 0.05) is 11.1 Å². The van der Waals surface area contributed by atoms with Crippen LogP contribution in [0.3, 0.4) is 0 Å². The van der Waals surface area contributed by atoms with E-state index in [4.69, 9.17) is 0 Å². The van der Waals surface area contributed by atoms with Crippen molar-refractivity contribution in [1.82, 2.24) is 0 Å². The van der Waals surface area contributed by atoms with Crippen LogP contribution in [0.25, 0.3) is 6.08 Å². The first kappa shape index (κ1) is 8.65. The summed E-state index contributed by atoms with van der Waals surface area (Å²) in [4.78, 5) is 10.9. The quantitative estimate of drug-likeness (QED) is 0.517. The summed E-state index contributed by atoms with van der Waals surface area (Å²) in [5, 5.41) is 11.1. The van der Waals surface area contributed by atoms with E-state index in [1.165, 1.54) is 5.56 Å². The molecular weight excluding hydrogens is 190 g/mol. The molecule has 0 saturated heterocycles. The van der Waals surface area contributed by atoms with Crippen molar-refractivity contribution in [3.05, 3.63) is 44.5 Å². The van der Waals surface area contributed by atoms with Gasteiger partial charge < -0.3 is 0 Å². The van der Waals surface area contributed by atoms with Gasteiger partial charge in [-0.2, -0.15) is 0 Å². The van der Waals surface area contributed by atoms with Gasteiger partial charge in [0.15, 0.2) is 0 Å². The van der Waals surface area contributed by atoms with Crippen molar-refractivity contribution in [3.8, 4) is 0 Å². The molecule has 3 heteroatoms. The minimum Gasteiger partial charge on any atom is -0.258 e. The Labute approximate surface area is 87.6 Å². The fourth-order valence-corrected chi connectivity index (χ4v) is 2.68. The molecule has 2 aliphatic rings. The maximum Gasteiger partial charge on any atom is 0.276 e. The lowest BCUT2D eigenvalue weighted by Crippen LogP contribution is -2.00. The van der Waals surface area contributed by atoms with Crippen LogP contribution in [0, 0.1) is 10.1 Å². The Balaban J connectivity index is 2.32. The van der Waals surface area contributed by atoms with Crippen molar-refractivity contribution in [2.24, 2.45) is 0 Å². The molecule has 0 aliphatic heterocycles. The normalized spacial score (nSPS) is 16.5. The SMILES string of the molecule is O=[N+]([O-])c1c2c(cc3c1CCC3)C=CC2. The summed E-state index contributed by atoms with van der Waals surface area (Å²) in [6, 6.07) is 2.13. The van der Waals surface area contributed by atoms with E-state index in [1.54, 1.807) is 0 Å². The van der Waals surface area contributed by atoms with Gasteiger partial charge in [-0.05, 0) is 36.8 Å². The van der Waals surface area contributed by atoms with Crippen molar-refractivity contribution >= 4 is 11.8 Å². The number of nitro groups is 1. The van der Waals surface area contributed by atoms with Crippen LogP contribution in [0.4, 0.5) is 5.69 Å². The monoisotopic (exact) mass is 201 g/mol. The molecular formula is C12H11NO2. The minimum atomic E-state index is -0.198. The zero-order valence-corrected chi connectivity index (χ0v) is 8.32. The molecule has 0 N–H and O–H groups in total. The molecule has 0 fully saturated rings. The zero-order valence-electron chi connectivity index (χ0n) is 8.32. The molecule has 0 saturated carbocycles. The Bertz CT molecular complexity index is 485. The zero-order chi connectivity index (χ0) is 10.4. The van der Waals surface area contributed by atoms with E-state index < -0.39 is 0 Å². The smallest absolute Gasteiger partial charge is 0.258 e. The van der Waals surface area contributed by atoms with E-state index in [0.29, 0.717) is 5.69 Å². The van der Waals surface area contributed by atoms with Crippen LogP contribution in [0.2, 0.25) is 0 Å². The lowest BCUT2D eigenvalue weighted by atomic mass is 9.99. The lowest BCUT2D eigenvalue weighted by molar-refractivity contribution is -0.386. The summed E-state index contributed by atoms with van der Waals surface area (Å²) in [6.07, 6.45) is 7.66. The Morgan fingerprint density at radius 3 is 2.93 bits per heavy atom. The van der Waals surface area contributed by atoms with Gasteiger partial charge in [0.2, 0.25) is 0 Å². The number of nitro benzene ring substituents is 1. The van der Waals surface area contributed by atoms with Crippen molar-refractivity contribution in [1.29, 1.82) is 0 Å². The Hall–Kier alpha value is -1.64. The van der Waals surface area contributed by atoms with E-state index >= 15 is 0 Å². The van der Waals surface area contributed by atoms with Gasteiger partial charge in [0.05, 0.1) is 4.92 Å². The van der Waals surface area contributed by atoms with Crippen LogP contribution in [-0.4, -0.2) is 4.92 Å². The van der Waals surface area contributed by atoms with Gasteiger partial charge in [-0.15, -0.1) is 0 Å². The number of hydrogen-bond acceptors (Lipinski definition) is 2. The third-order valence-corrected chi connectivity index (χ3v) is 3.31. The van der Waals surface area contributed by atoms with Crippen LogP contribution < -0.4 is 0 Å². The summed E-state index contributed by atoms with van der Waals surface area (Å²) >= 11 is 0. The average molecular weight is 201 g/mol. The van der Waals surface area contributed by atoms with E-state index in [1.807, 2.05) is 12.2 Å². The first-order valence-electron chi connectivity index (χ1n) is 5.26. The van der Waals surface area contributed by atoms with Gasteiger partial charge in [0.1, 0.15) is 0 Å². The van der Waals surface area contributed by atoms with Crippen LogP contribution in [0.15, 0.2) is 12.1 Å². The number of nitrogens with zero attached hydrogens (tertiary/aromatic N) is 1. The molecule has 1 aromatic rings. The van der Waals surface area contributed by atoms with Gasteiger partial charge in [-0.1, -0.05) is 18.2 Å². The second kappa shape index (κ2) is 2.92. The van der Waals surface area contributed by atoms with E-state index in [0.717, 1.165) is 42.4 Å². The molecule has 0 bridgehead atoms. The first-order valence-corrected chi connectivity index (χ1v) is 5.26. The van der Waals surface area contributed by atoms with E-state index in [2.05, 4.69) is 6.07 Å². The predicted octanol–water partition coefficient (Wildman–Crippen LogP) is 2.65. The molecule has 3 nitrogen and oxygen atoms in total. The van der Waals surface area contributed by atoms with Crippen molar-refractivity contribution in [2.45, 2.75) is 25.7 Å². The molecule has 0 aromatic heterocycles. The summed E-state index contributed by atoms with van der Waals surface area (Å²) < 4.78 is 0. The lowest BCUT2D eigenvalue weighted by Gasteiger charge is -2.06. The maximum atomic E-state index is 11.1. The summed E-state index contributed by atoms with van der Waals surface area (Å²) in [6.45, 7) is 0. The maximum absolute atomic E-state index is 11.1. The highest BCUT2D eigenvalue weighted by atomic mass is 16.6. The van der Waals surface area contributed by atoms with Gasteiger partial charge in [-0.25, -0.2) is 0 Å². The van der Waals surface area contributed by atoms with Gasteiger partial charge in [-0.3, -0.25) is 10.1 Å². The first-order chi connectivity index (χ1) is 7.27. The fraction of sp³-hybridized carbons (Fsp3) is 0.333. The standard InChI is InChI=1S/C12H11NO2/c14-13(15)12-10-5-1-3-8(10)7-9-4-2-6-11(9)12/h1,3,7H,2,4-6H2. The molecule has 3 rings (SSSR count). The molecule has 76 valence electrons. The Kier molecular flexibility index (Phi) is 1.69. The number of aryl methyl sites for hydroxylation is 1. The highest BCUT2D eigenvalue weighted by Gasteiger charge is 2.28. The number of rotatable bonds is 1. The second-order valence-electron chi connectivity index (χ2n) is 4.15. The van der Waals surface area contributed by atoms with Gasteiger partial charge >= 0.3 is 0 Å². The number of benzene rings is 1. The van der Waals surface area contributed by atoms with Crippen molar-refractivity contribution < 1.29 is 4.92 Å². The molecule has 15 heavy (non-hydrogen) atoms. The molecule has 0 radical (unpaired) electrons. The van der Waals surface area contributed by atoms with Crippen LogP contribution in [0.5, 0.6) is 0 Å². The molecule has 2 aliphatic carbocycles. The largest absolute Gasteiger partial charge is 0.276 e. The molecule has 0 unspecified atom stereocenters.